The third-order valence-electron chi connectivity index (χ3n) is 2.50. The third-order valence-corrected chi connectivity index (χ3v) is 2.68. The van der Waals surface area contributed by atoms with Crippen molar-refractivity contribution in [3.8, 4) is 0 Å². The second kappa shape index (κ2) is 6.33. The summed E-state index contributed by atoms with van der Waals surface area (Å²) in [5, 5.41) is 9.47. The van der Waals surface area contributed by atoms with Crippen molar-refractivity contribution >= 4 is 17.4 Å². The number of rotatable bonds is 5. The molecule has 0 aliphatic rings. The van der Waals surface area contributed by atoms with E-state index in [9.17, 15) is 0 Å². The van der Waals surface area contributed by atoms with E-state index < -0.39 is 0 Å². The van der Waals surface area contributed by atoms with Gasteiger partial charge in [-0.3, -0.25) is 4.98 Å². The van der Waals surface area contributed by atoms with Crippen molar-refractivity contribution < 1.29 is 5.11 Å². The summed E-state index contributed by atoms with van der Waals surface area (Å²) in [5.74, 6) is 0.667. The first-order valence-corrected chi connectivity index (χ1v) is 6.04. The zero-order chi connectivity index (χ0) is 12.8. The van der Waals surface area contributed by atoms with Gasteiger partial charge in [0.1, 0.15) is 11.0 Å². The van der Waals surface area contributed by atoms with Crippen LogP contribution < -0.4 is 4.90 Å². The summed E-state index contributed by atoms with van der Waals surface area (Å²) in [4.78, 5) is 10.2. The molecule has 0 aliphatic heterocycles. The molecule has 0 amide bonds. The Labute approximate surface area is 111 Å². The molecule has 18 heavy (non-hydrogen) atoms. The number of benzene rings is 1. The number of anilines is 1. The van der Waals surface area contributed by atoms with E-state index in [-0.39, 0.29) is 6.61 Å². The van der Waals surface area contributed by atoms with Crippen LogP contribution in [0.25, 0.3) is 0 Å². The number of aliphatic hydroxyl groups is 1. The van der Waals surface area contributed by atoms with E-state index in [1.165, 1.54) is 6.20 Å². The average molecular weight is 264 g/mol. The van der Waals surface area contributed by atoms with E-state index in [1.54, 1.807) is 6.20 Å². The molecule has 0 fully saturated rings. The molecule has 0 atom stereocenters. The van der Waals surface area contributed by atoms with Gasteiger partial charge in [-0.1, -0.05) is 41.9 Å². The Balaban J connectivity index is 2.18. The van der Waals surface area contributed by atoms with E-state index >= 15 is 0 Å². The molecule has 0 radical (unpaired) electrons. The van der Waals surface area contributed by atoms with E-state index in [4.69, 9.17) is 16.7 Å². The van der Waals surface area contributed by atoms with E-state index in [0.717, 1.165) is 5.56 Å². The summed E-state index contributed by atoms with van der Waals surface area (Å²) >= 11 is 5.83. The van der Waals surface area contributed by atoms with Gasteiger partial charge in [0, 0.05) is 13.1 Å². The maximum absolute atomic E-state index is 9.12. The van der Waals surface area contributed by atoms with E-state index in [1.807, 2.05) is 35.2 Å². The molecule has 1 aromatic heterocycles. The number of nitrogens with zero attached hydrogens (tertiary/aromatic N) is 3. The Hall–Kier alpha value is -1.65. The molecule has 4 nitrogen and oxygen atoms in total. The van der Waals surface area contributed by atoms with Crippen molar-refractivity contribution in [2.24, 2.45) is 0 Å². The van der Waals surface area contributed by atoms with Gasteiger partial charge >= 0.3 is 0 Å². The maximum Gasteiger partial charge on any atom is 0.149 e. The molecule has 5 heteroatoms. The zero-order valence-electron chi connectivity index (χ0n) is 9.83. The number of aliphatic hydroxyl groups excluding tert-OH is 1. The fourth-order valence-electron chi connectivity index (χ4n) is 1.68. The molecule has 2 aromatic rings. The fourth-order valence-corrected chi connectivity index (χ4v) is 1.83. The minimum atomic E-state index is 0.0566. The molecular weight excluding hydrogens is 250 g/mol. The molecule has 0 aliphatic carbocycles. The third kappa shape index (κ3) is 3.42. The Morgan fingerprint density at radius 1 is 1.17 bits per heavy atom. The number of halogens is 1. The molecule has 0 saturated heterocycles. The van der Waals surface area contributed by atoms with E-state index in [0.29, 0.717) is 24.1 Å². The summed E-state index contributed by atoms with van der Waals surface area (Å²) < 4.78 is 0. The van der Waals surface area contributed by atoms with Crippen LogP contribution in [0.5, 0.6) is 0 Å². The predicted octanol–water partition coefficient (Wildman–Crippen LogP) is 2.13. The predicted molar refractivity (Wildman–Crippen MR) is 71.6 cm³/mol. The van der Waals surface area contributed by atoms with Gasteiger partial charge in [-0.05, 0) is 5.56 Å². The summed E-state index contributed by atoms with van der Waals surface area (Å²) in [6, 6.07) is 10.00. The molecule has 0 bridgehead atoms. The lowest BCUT2D eigenvalue weighted by Crippen LogP contribution is -2.27. The zero-order valence-corrected chi connectivity index (χ0v) is 10.6. The van der Waals surface area contributed by atoms with Crippen LogP contribution in [-0.2, 0) is 6.54 Å². The summed E-state index contributed by atoms with van der Waals surface area (Å²) in [6.45, 7) is 1.21. The normalized spacial score (nSPS) is 10.3. The van der Waals surface area contributed by atoms with Crippen LogP contribution in [0.4, 0.5) is 5.82 Å². The molecule has 0 saturated carbocycles. The first kappa shape index (κ1) is 12.8. The molecule has 1 aromatic carbocycles. The molecule has 0 unspecified atom stereocenters. The summed E-state index contributed by atoms with van der Waals surface area (Å²) in [6.07, 6.45) is 3.13. The van der Waals surface area contributed by atoms with Crippen molar-refractivity contribution in [2.45, 2.75) is 6.54 Å². The van der Waals surface area contributed by atoms with Crippen molar-refractivity contribution in [3.05, 3.63) is 53.4 Å². The minimum absolute atomic E-state index is 0.0566. The Bertz CT molecular complexity index is 493. The van der Waals surface area contributed by atoms with Crippen molar-refractivity contribution in [2.75, 3.05) is 18.1 Å². The lowest BCUT2D eigenvalue weighted by molar-refractivity contribution is 0.301. The molecular formula is C13H14ClN3O. The minimum Gasteiger partial charge on any atom is -0.395 e. The van der Waals surface area contributed by atoms with Crippen molar-refractivity contribution in [1.82, 2.24) is 9.97 Å². The van der Waals surface area contributed by atoms with Crippen LogP contribution in [0.15, 0.2) is 42.7 Å². The first-order valence-electron chi connectivity index (χ1n) is 5.67. The highest BCUT2D eigenvalue weighted by Gasteiger charge is 2.09. The smallest absolute Gasteiger partial charge is 0.149 e. The van der Waals surface area contributed by atoms with Crippen molar-refractivity contribution in [1.29, 1.82) is 0 Å². The second-order valence-electron chi connectivity index (χ2n) is 3.83. The first-order chi connectivity index (χ1) is 8.79. The maximum atomic E-state index is 9.12. The molecule has 1 heterocycles. The van der Waals surface area contributed by atoms with Gasteiger partial charge in [0.25, 0.3) is 0 Å². The van der Waals surface area contributed by atoms with Gasteiger partial charge in [-0.2, -0.15) is 0 Å². The molecule has 94 valence electrons. The van der Waals surface area contributed by atoms with Gasteiger partial charge in [0.2, 0.25) is 0 Å². The van der Waals surface area contributed by atoms with Crippen LogP contribution in [-0.4, -0.2) is 28.2 Å². The Morgan fingerprint density at radius 3 is 2.61 bits per heavy atom. The van der Waals surface area contributed by atoms with Crippen LogP contribution >= 0.6 is 11.6 Å². The molecule has 2 rings (SSSR count). The van der Waals surface area contributed by atoms with Gasteiger partial charge in [-0.25, -0.2) is 4.98 Å². The van der Waals surface area contributed by atoms with Crippen LogP contribution in [0, 0.1) is 0 Å². The monoisotopic (exact) mass is 263 g/mol. The molecule has 0 spiro atoms. The fraction of sp³-hybridized carbons (Fsp3) is 0.231. The van der Waals surface area contributed by atoms with E-state index in [2.05, 4.69) is 9.97 Å². The second-order valence-corrected chi connectivity index (χ2v) is 4.22. The summed E-state index contributed by atoms with van der Waals surface area (Å²) in [5.41, 5.74) is 1.15. The van der Waals surface area contributed by atoms with Crippen LogP contribution in [0.3, 0.4) is 0 Å². The number of hydrogen-bond acceptors (Lipinski definition) is 4. The SMILES string of the molecule is OCCN(Cc1ccccc1)c1cncc(Cl)n1. The number of hydrogen-bond donors (Lipinski definition) is 1. The highest BCUT2D eigenvalue weighted by Crippen LogP contribution is 2.15. The average Bonchev–Trinajstić information content (AvgIpc) is 2.39. The van der Waals surface area contributed by atoms with Gasteiger partial charge in [-0.15, -0.1) is 0 Å². The Morgan fingerprint density at radius 2 is 1.94 bits per heavy atom. The quantitative estimate of drug-likeness (QED) is 0.898. The topological polar surface area (TPSA) is 49.2 Å². The summed E-state index contributed by atoms with van der Waals surface area (Å²) in [7, 11) is 0. The van der Waals surface area contributed by atoms with Crippen molar-refractivity contribution in [3.63, 3.8) is 0 Å². The lowest BCUT2D eigenvalue weighted by Gasteiger charge is -2.22. The van der Waals surface area contributed by atoms with Gasteiger partial charge < -0.3 is 10.0 Å². The van der Waals surface area contributed by atoms with Gasteiger partial charge in [0.05, 0.1) is 19.0 Å². The van der Waals surface area contributed by atoms with Crippen LogP contribution in [0.1, 0.15) is 5.56 Å². The number of aromatic nitrogens is 2. The molecule has 1 N–H and O–H groups in total. The highest BCUT2D eigenvalue weighted by molar-refractivity contribution is 6.29. The van der Waals surface area contributed by atoms with Gasteiger partial charge in [0.15, 0.2) is 0 Å². The lowest BCUT2D eigenvalue weighted by atomic mass is 10.2. The highest BCUT2D eigenvalue weighted by atomic mass is 35.5. The van der Waals surface area contributed by atoms with Crippen LogP contribution in [0.2, 0.25) is 5.15 Å². The standard InChI is InChI=1S/C13H14ClN3O/c14-12-8-15-9-13(16-12)17(6-7-18)10-11-4-2-1-3-5-11/h1-5,8-9,18H,6-7,10H2. The Kier molecular flexibility index (Phi) is 4.50. The largest absolute Gasteiger partial charge is 0.395 e.